The summed E-state index contributed by atoms with van der Waals surface area (Å²) >= 11 is 0. The Hall–Kier alpha value is -3.13. The lowest BCUT2D eigenvalue weighted by Gasteiger charge is -2.17. The summed E-state index contributed by atoms with van der Waals surface area (Å²) in [5.74, 6) is 1.63. The fraction of sp³-hybridized carbons (Fsp3) is 0.160. The van der Waals surface area contributed by atoms with Crippen LogP contribution >= 0.6 is 0 Å². The maximum atomic E-state index is 6.31. The molecule has 1 heterocycles. The first kappa shape index (κ1) is 18.7. The Balaban J connectivity index is 2.01. The third-order valence-corrected chi connectivity index (χ3v) is 4.59. The summed E-state index contributed by atoms with van der Waals surface area (Å²) < 4.78 is 6.31. The largest absolute Gasteiger partial charge is 0.455 e. The number of rotatable bonds is 6. The van der Waals surface area contributed by atoms with E-state index in [2.05, 4.69) is 74.0 Å². The molecule has 0 spiro atoms. The van der Waals surface area contributed by atoms with E-state index in [1.165, 1.54) is 16.7 Å². The Kier molecular flexibility index (Phi) is 5.87. The molecule has 1 aromatic heterocycles. The first-order valence-electron chi connectivity index (χ1n) is 9.26. The third kappa shape index (κ3) is 4.17. The average molecular weight is 355 g/mol. The number of pyridine rings is 1. The SMILES string of the molecule is C=Cc1cc(C)c(O/C(=C/CC)c2cccc(-c3ccccc3)c2C)cn1. The molecule has 0 aliphatic carbocycles. The van der Waals surface area contributed by atoms with Crippen LogP contribution in [0, 0.1) is 13.8 Å². The van der Waals surface area contributed by atoms with Gasteiger partial charge < -0.3 is 4.74 Å². The molecule has 27 heavy (non-hydrogen) atoms. The number of hydrogen-bond donors (Lipinski definition) is 0. The zero-order valence-electron chi connectivity index (χ0n) is 16.2. The fourth-order valence-corrected chi connectivity index (χ4v) is 3.13. The van der Waals surface area contributed by atoms with Crippen molar-refractivity contribution in [2.75, 3.05) is 0 Å². The lowest BCUT2D eigenvalue weighted by atomic mass is 9.95. The molecule has 0 aliphatic rings. The van der Waals surface area contributed by atoms with Crippen molar-refractivity contribution in [2.24, 2.45) is 0 Å². The normalized spacial score (nSPS) is 11.3. The molecule has 0 atom stereocenters. The van der Waals surface area contributed by atoms with Crippen LogP contribution in [0.2, 0.25) is 0 Å². The first-order chi connectivity index (χ1) is 13.1. The van der Waals surface area contributed by atoms with Gasteiger partial charge in [-0.1, -0.05) is 62.0 Å². The van der Waals surface area contributed by atoms with Gasteiger partial charge in [0.15, 0.2) is 0 Å². The van der Waals surface area contributed by atoms with Crippen molar-refractivity contribution in [2.45, 2.75) is 27.2 Å². The molecule has 0 unspecified atom stereocenters. The molecule has 0 fully saturated rings. The molecule has 2 aromatic carbocycles. The highest BCUT2D eigenvalue weighted by molar-refractivity contribution is 5.75. The van der Waals surface area contributed by atoms with Crippen molar-refractivity contribution < 1.29 is 4.74 Å². The zero-order valence-corrected chi connectivity index (χ0v) is 16.2. The number of allylic oxidation sites excluding steroid dienone is 1. The second-order valence-electron chi connectivity index (χ2n) is 6.50. The van der Waals surface area contributed by atoms with E-state index in [0.717, 1.165) is 34.8 Å². The van der Waals surface area contributed by atoms with Gasteiger partial charge in [-0.2, -0.15) is 0 Å². The van der Waals surface area contributed by atoms with Crippen molar-refractivity contribution in [1.82, 2.24) is 4.98 Å². The van der Waals surface area contributed by atoms with Crippen molar-refractivity contribution in [3.63, 3.8) is 0 Å². The lowest BCUT2D eigenvalue weighted by Crippen LogP contribution is -2.01. The second-order valence-corrected chi connectivity index (χ2v) is 6.50. The maximum absolute atomic E-state index is 6.31. The molecule has 2 heteroatoms. The predicted octanol–water partition coefficient (Wildman–Crippen LogP) is 6.84. The molecule has 0 saturated heterocycles. The van der Waals surface area contributed by atoms with Crippen LogP contribution in [0.5, 0.6) is 5.75 Å². The van der Waals surface area contributed by atoms with Gasteiger partial charge in [-0.15, -0.1) is 0 Å². The first-order valence-corrected chi connectivity index (χ1v) is 9.26. The average Bonchev–Trinajstić information content (AvgIpc) is 2.70. The van der Waals surface area contributed by atoms with Gasteiger partial charge in [-0.3, -0.25) is 4.98 Å². The predicted molar refractivity (Wildman–Crippen MR) is 115 cm³/mol. The molecule has 0 amide bonds. The standard InChI is InChI=1S/C25H25NO/c1-5-11-24(27-25-17-26-21(6-2)16-18(25)3)23-15-10-14-22(19(23)4)20-12-8-7-9-13-20/h6-17H,2,5H2,1,3-4H3/b24-11+. The molecule has 0 saturated carbocycles. The molecule has 0 aliphatic heterocycles. The van der Waals surface area contributed by atoms with Gasteiger partial charge in [0.05, 0.1) is 11.9 Å². The highest BCUT2D eigenvalue weighted by Gasteiger charge is 2.13. The van der Waals surface area contributed by atoms with Crippen molar-refractivity contribution in [3.8, 4) is 16.9 Å². The lowest BCUT2D eigenvalue weighted by molar-refractivity contribution is 0.505. The Morgan fingerprint density at radius 1 is 1.07 bits per heavy atom. The molecule has 2 nitrogen and oxygen atoms in total. The summed E-state index contributed by atoms with van der Waals surface area (Å²) in [7, 11) is 0. The Labute approximate surface area is 161 Å². The van der Waals surface area contributed by atoms with Crippen LogP contribution in [-0.4, -0.2) is 4.98 Å². The number of aromatic nitrogens is 1. The van der Waals surface area contributed by atoms with E-state index in [-0.39, 0.29) is 0 Å². The van der Waals surface area contributed by atoms with Crippen molar-refractivity contribution in [1.29, 1.82) is 0 Å². The highest BCUT2D eigenvalue weighted by Crippen LogP contribution is 2.31. The third-order valence-electron chi connectivity index (χ3n) is 4.59. The van der Waals surface area contributed by atoms with Gasteiger partial charge in [-0.25, -0.2) is 0 Å². The van der Waals surface area contributed by atoms with Crippen LogP contribution in [0.1, 0.15) is 35.7 Å². The Morgan fingerprint density at radius 3 is 2.52 bits per heavy atom. The Morgan fingerprint density at radius 2 is 1.85 bits per heavy atom. The maximum Gasteiger partial charge on any atom is 0.148 e. The van der Waals surface area contributed by atoms with Crippen LogP contribution in [0.3, 0.4) is 0 Å². The number of hydrogen-bond acceptors (Lipinski definition) is 2. The van der Waals surface area contributed by atoms with Gasteiger partial charge in [0.2, 0.25) is 0 Å². The molecular formula is C25H25NO. The molecule has 0 N–H and O–H groups in total. The van der Waals surface area contributed by atoms with E-state index in [0.29, 0.717) is 0 Å². The van der Waals surface area contributed by atoms with E-state index >= 15 is 0 Å². The minimum absolute atomic E-state index is 0.768. The summed E-state index contributed by atoms with van der Waals surface area (Å²) in [6.45, 7) is 10.1. The summed E-state index contributed by atoms with van der Waals surface area (Å²) in [6.07, 6.45) is 6.53. The van der Waals surface area contributed by atoms with E-state index < -0.39 is 0 Å². The second kappa shape index (κ2) is 8.50. The van der Waals surface area contributed by atoms with E-state index in [1.54, 1.807) is 12.3 Å². The highest BCUT2D eigenvalue weighted by atomic mass is 16.5. The van der Waals surface area contributed by atoms with Crippen LogP contribution < -0.4 is 4.74 Å². The topological polar surface area (TPSA) is 22.1 Å². The van der Waals surface area contributed by atoms with Gasteiger partial charge in [-0.05, 0) is 60.7 Å². The summed E-state index contributed by atoms with van der Waals surface area (Å²) in [5, 5.41) is 0. The van der Waals surface area contributed by atoms with E-state index in [1.807, 2.05) is 19.1 Å². The van der Waals surface area contributed by atoms with Crippen LogP contribution in [-0.2, 0) is 0 Å². The number of aryl methyl sites for hydroxylation is 1. The number of ether oxygens (including phenoxy) is 1. The summed E-state index contributed by atoms with van der Waals surface area (Å²) in [4.78, 5) is 4.38. The number of nitrogens with zero attached hydrogens (tertiary/aromatic N) is 1. The fourth-order valence-electron chi connectivity index (χ4n) is 3.13. The van der Waals surface area contributed by atoms with E-state index in [9.17, 15) is 0 Å². The van der Waals surface area contributed by atoms with Crippen LogP contribution in [0.4, 0.5) is 0 Å². The van der Waals surface area contributed by atoms with Gasteiger partial charge in [0.1, 0.15) is 11.5 Å². The molecule has 136 valence electrons. The van der Waals surface area contributed by atoms with Gasteiger partial charge in [0, 0.05) is 5.56 Å². The van der Waals surface area contributed by atoms with Crippen molar-refractivity contribution >= 4 is 11.8 Å². The summed E-state index contributed by atoms with van der Waals surface area (Å²) in [5.41, 5.74) is 6.63. The minimum atomic E-state index is 0.768. The van der Waals surface area contributed by atoms with Crippen LogP contribution in [0.15, 0.2) is 73.4 Å². The molecular weight excluding hydrogens is 330 g/mol. The zero-order chi connectivity index (χ0) is 19.2. The minimum Gasteiger partial charge on any atom is -0.455 e. The van der Waals surface area contributed by atoms with Gasteiger partial charge >= 0.3 is 0 Å². The number of benzene rings is 2. The molecule has 0 bridgehead atoms. The van der Waals surface area contributed by atoms with Gasteiger partial charge in [0.25, 0.3) is 0 Å². The van der Waals surface area contributed by atoms with Crippen molar-refractivity contribution in [3.05, 3.63) is 95.8 Å². The summed E-state index contributed by atoms with van der Waals surface area (Å²) in [6, 6.07) is 18.8. The molecule has 3 aromatic rings. The molecule has 0 radical (unpaired) electrons. The Bertz CT molecular complexity index is 971. The molecule has 3 rings (SSSR count). The van der Waals surface area contributed by atoms with Crippen LogP contribution in [0.25, 0.3) is 23.0 Å². The van der Waals surface area contributed by atoms with E-state index in [4.69, 9.17) is 4.74 Å². The quantitative estimate of drug-likeness (QED) is 0.452. The smallest absolute Gasteiger partial charge is 0.148 e. The monoisotopic (exact) mass is 355 g/mol.